The van der Waals surface area contributed by atoms with Crippen LogP contribution in [0, 0.1) is 0 Å². The van der Waals surface area contributed by atoms with Crippen molar-refractivity contribution in [3.05, 3.63) is 75.3 Å². The number of rotatable bonds is 44. The molecule has 0 saturated carbocycles. The number of nitrogens with two attached hydrogens (primary N) is 1. The van der Waals surface area contributed by atoms with Gasteiger partial charge in [-0.25, -0.2) is 19.4 Å². The number of esters is 1. The molecule has 0 radical (unpaired) electrons. The Bertz CT molecular complexity index is 2700. The van der Waals surface area contributed by atoms with E-state index in [1.165, 1.54) is 52.2 Å². The zero-order valence-corrected chi connectivity index (χ0v) is 51.1. The number of carbonyl (C=O) groups is 4. The average Bonchev–Trinajstić information content (AvgIpc) is 2.12. The third-order valence-corrected chi connectivity index (χ3v) is 12.6. The standard InChI is InChI=1S/C61H91N7O17/c1-9-12-13-14-15-25-76-28-30-78-32-34-80-36-37-81-35-33-79-31-29-77-27-24-64-54(70)21-20-53(69)63-23-16-26-82-56-51(74-7)39-44(40-52(56)75-8)38-45-42-65-59(62)66-57(45)67-60(73)83-43-49-47-18-17-46(68(10-2)11-3)41-50(47)84-58(72)48(49)19-22-55(71)85-61(4,5)6/h17-19,22,39-42H,9-16,20-21,23-38,43H2,1-8H3,(H,63,69)(H,64,70)(H3,62,65,66,67,73)/b22-19+. The quantitative estimate of drug-likeness (QED) is 0.0144. The van der Waals surface area contributed by atoms with Crippen molar-refractivity contribution in [2.75, 3.05) is 142 Å². The maximum atomic E-state index is 13.6. The van der Waals surface area contributed by atoms with Gasteiger partial charge in [-0.2, -0.15) is 4.98 Å². The van der Waals surface area contributed by atoms with Gasteiger partial charge < -0.3 is 77.8 Å². The van der Waals surface area contributed by atoms with E-state index < -0.39 is 29.9 Å². The molecule has 0 aliphatic heterocycles. The average molecular weight is 1190 g/mol. The van der Waals surface area contributed by atoms with E-state index in [9.17, 15) is 24.0 Å². The summed E-state index contributed by atoms with van der Waals surface area (Å²) in [6.07, 6.45) is 9.72. The van der Waals surface area contributed by atoms with E-state index in [1.54, 1.807) is 45.0 Å². The number of amides is 3. The first kappa shape index (κ1) is 70.4. The number of anilines is 3. The molecule has 0 atom stereocenters. The summed E-state index contributed by atoms with van der Waals surface area (Å²) >= 11 is 0. The van der Waals surface area contributed by atoms with Crippen molar-refractivity contribution in [2.45, 2.75) is 112 Å². The molecule has 4 aromatic rings. The van der Waals surface area contributed by atoms with E-state index >= 15 is 0 Å². The minimum atomic E-state index is -0.923. The van der Waals surface area contributed by atoms with Crippen LogP contribution in [0.25, 0.3) is 17.0 Å². The lowest BCUT2D eigenvalue weighted by Crippen LogP contribution is -2.30. The maximum absolute atomic E-state index is 13.6. The lowest BCUT2D eigenvalue weighted by atomic mass is 10.0. The van der Waals surface area contributed by atoms with Crippen molar-refractivity contribution >= 4 is 58.4 Å². The number of unbranched alkanes of at least 4 members (excludes halogenated alkanes) is 4. The minimum absolute atomic E-state index is 0.00256. The third kappa shape index (κ3) is 27.7. The molecule has 85 heavy (non-hydrogen) atoms. The van der Waals surface area contributed by atoms with Crippen molar-refractivity contribution in [1.29, 1.82) is 0 Å². The summed E-state index contributed by atoms with van der Waals surface area (Å²) in [5, 5.41) is 8.70. The van der Waals surface area contributed by atoms with Crippen molar-refractivity contribution in [1.82, 2.24) is 20.6 Å². The molecule has 0 spiro atoms. The van der Waals surface area contributed by atoms with Gasteiger partial charge in [-0.05, 0) is 83.4 Å². The van der Waals surface area contributed by atoms with E-state index in [4.69, 9.17) is 62.3 Å². The molecular formula is C61H91N7O17. The molecule has 2 aromatic carbocycles. The molecular weight excluding hydrogens is 1100 g/mol. The number of nitrogens with one attached hydrogen (secondary N) is 3. The fourth-order valence-electron chi connectivity index (χ4n) is 8.34. The zero-order chi connectivity index (χ0) is 61.7. The Kier molecular flexibility index (Phi) is 33.3. The summed E-state index contributed by atoms with van der Waals surface area (Å²) in [6, 6.07) is 8.86. The van der Waals surface area contributed by atoms with Crippen LogP contribution in [0.3, 0.4) is 0 Å². The second-order valence-corrected chi connectivity index (χ2v) is 20.3. The summed E-state index contributed by atoms with van der Waals surface area (Å²) in [5.41, 5.74) is 6.97. The Balaban J connectivity index is 1.14. The molecule has 0 saturated heterocycles. The molecule has 2 heterocycles. The molecule has 0 fully saturated rings. The molecule has 0 aliphatic carbocycles. The van der Waals surface area contributed by atoms with Gasteiger partial charge in [0.25, 0.3) is 0 Å². The largest absolute Gasteiger partial charge is 0.493 e. The summed E-state index contributed by atoms with van der Waals surface area (Å²) in [7, 11) is 2.96. The minimum Gasteiger partial charge on any atom is -0.493 e. The van der Waals surface area contributed by atoms with E-state index in [0.717, 1.165) is 37.9 Å². The first-order valence-electron chi connectivity index (χ1n) is 29.3. The van der Waals surface area contributed by atoms with Crippen molar-refractivity contribution < 1.29 is 75.7 Å². The first-order chi connectivity index (χ1) is 41.1. The lowest BCUT2D eigenvalue weighted by Gasteiger charge is -2.21. The van der Waals surface area contributed by atoms with Gasteiger partial charge in [-0.1, -0.05) is 32.6 Å². The van der Waals surface area contributed by atoms with E-state index in [0.29, 0.717) is 132 Å². The van der Waals surface area contributed by atoms with Crippen LogP contribution in [0.1, 0.15) is 115 Å². The number of methoxy groups -OCH3 is 2. The van der Waals surface area contributed by atoms with Crippen LogP contribution in [-0.4, -0.2) is 166 Å². The molecule has 24 nitrogen and oxygen atoms in total. The van der Waals surface area contributed by atoms with Crippen LogP contribution < -0.4 is 46.4 Å². The number of fused-ring (bicyclic) bond motifs is 1. The van der Waals surface area contributed by atoms with Gasteiger partial charge in [0.1, 0.15) is 23.6 Å². The summed E-state index contributed by atoms with van der Waals surface area (Å²) in [6.45, 7) is 19.1. The first-order valence-corrected chi connectivity index (χ1v) is 29.3. The van der Waals surface area contributed by atoms with Crippen LogP contribution >= 0.6 is 0 Å². The van der Waals surface area contributed by atoms with Gasteiger partial charge >= 0.3 is 17.7 Å². The number of aromatic nitrogens is 2. The predicted molar refractivity (Wildman–Crippen MR) is 323 cm³/mol. The number of nitrogens with zero attached hydrogens (tertiary/aromatic N) is 3. The van der Waals surface area contributed by atoms with Gasteiger partial charge in [0.15, 0.2) is 11.5 Å². The summed E-state index contributed by atoms with van der Waals surface area (Å²) < 4.78 is 67.5. The Labute approximate surface area is 499 Å². The highest BCUT2D eigenvalue weighted by molar-refractivity contribution is 5.91. The Morgan fingerprint density at radius 2 is 1.28 bits per heavy atom. The van der Waals surface area contributed by atoms with Gasteiger partial charge in [0, 0.05) is 92.6 Å². The molecule has 0 aliphatic rings. The van der Waals surface area contributed by atoms with Crippen molar-refractivity contribution in [3.8, 4) is 17.2 Å². The summed E-state index contributed by atoms with van der Waals surface area (Å²) in [5.74, 6) is -0.243. The van der Waals surface area contributed by atoms with Crippen LogP contribution in [-0.2, 0) is 65.3 Å². The van der Waals surface area contributed by atoms with Gasteiger partial charge in [-0.3, -0.25) is 14.9 Å². The Morgan fingerprint density at radius 1 is 0.706 bits per heavy atom. The highest BCUT2D eigenvalue weighted by Crippen LogP contribution is 2.39. The molecule has 0 bridgehead atoms. The molecule has 5 N–H and O–H groups in total. The van der Waals surface area contributed by atoms with E-state index in [1.807, 2.05) is 19.9 Å². The zero-order valence-electron chi connectivity index (χ0n) is 51.1. The number of hydrogen-bond acceptors (Lipinski definition) is 21. The SMILES string of the molecule is CCCCCCCOCCOCCOCCOCCOCCOCCNC(=O)CCC(=O)NCCCOc1c(OC)cc(Cc2cnc(N)nc2NC(=O)OCc2c(/C=C/C(=O)OC(C)(C)C)c(=O)oc3cc(N(CC)CC)ccc23)cc1OC. The number of hydrogen-bond donors (Lipinski definition) is 4. The number of benzene rings is 2. The third-order valence-electron chi connectivity index (χ3n) is 12.6. The molecule has 4 rings (SSSR count). The Morgan fingerprint density at radius 3 is 1.86 bits per heavy atom. The predicted octanol–water partition coefficient (Wildman–Crippen LogP) is 7.57. The van der Waals surface area contributed by atoms with Crippen molar-refractivity contribution in [2.24, 2.45) is 0 Å². The highest BCUT2D eigenvalue weighted by Gasteiger charge is 2.21. The number of carbonyl (C=O) groups excluding carboxylic acids is 4. The van der Waals surface area contributed by atoms with Crippen molar-refractivity contribution in [3.63, 3.8) is 0 Å². The second-order valence-electron chi connectivity index (χ2n) is 20.3. The topological polar surface area (TPSA) is 291 Å². The highest BCUT2D eigenvalue weighted by atomic mass is 16.6. The molecule has 0 unspecified atom stereocenters. The number of nitrogen functional groups attached to an aromatic ring is 1. The Hall–Kier alpha value is -7.09. The smallest absolute Gasteiger partial charge is 0.413 e. The monoisotopic (exact) mass is 1190 g/mol. The molecule has 24 heteroatoms. The van der Waals surface area contributed by atoms with E-state index in [2.05, 4.69) is 37.7 Å². The van der Waals surface area contributed by atoms with Gasteiger partial charge in [0.2, 0.25) is 23.5 Å². The molecule has 3 amide bonds. The van der Waals surface area contributed by atoms with Crippen LogP contribution in [0.4, 0.5) is 22.2 Å². The van der Waals surface area contributed by atoms with Gasteiger partial charge in [0.05, 0.1) is 99.1 Å². The lowest BCUT2D eigenvalue weighted by molar-refractivity contribution is -0.148. The summed E-state index contributed by atoms with van der Waals surface area (Å²) in [4.78, 5) is 75.1. The van der Waals surface area contributed by atoms with Crippen LogP contribution in [0.2, 0.25) is 0 Å². The van der Waals surface area contributed by atoms with E-state index in [-0.39, 0.29) is 60.6 Å². The van der Waals surface area contributed by atoms with Crippen LogP contribution in [0.5, 0.6) is 17.2 Å². The normalized spacial score (nSPS) is 11.4. The van der Waals surface area contributed by atoms with Crippen LogP contribution in [0.15, 0.2) is 51.8 Å². The fraction of sp³-hybridized carbons (Fsp3) is 0.590. The fourth-order valence-corrected chi connectivity index (χ4v) is 8.34. The number of ether oxygens (including phenoxy) is 11. The molecule has 2 aromatic heterocycles. The second kappa shape index (κ2) is 40.3. The molecule has 472 valence electrons. The van der Waals surface area contributed by atoms with Gasteiger partial charge in [-0.15, -0.1) is 0 Å². The maximum Gasteiger partial charge on any atom is 0.413 e.